The molecule has 4 aromatic rings. The van der Waals surface area contributed by atoms with Gasteiger partial charge in [0.2, 0.25) is 0 Å². The van der Waals surface area contributed by atoms with Crippen LogP contribution in [0.15, 0.2) is 151 Å². The Balaban J connectivity index is 1.09. The van der Waals surface area contributed by atoms with Crippen molar-refractivity contribution in [1.82, 2.24) is 26.6 Å². The molecule has 5 amide bonds. The molecule has 0 radical (unpaired) electrons. The van der Waals surface area contributed by atoms with Crippen molar-refractivity contribution in [2.75, 3.05) is 32.8 Å². The summed E-state index contributed by atoms with van der Waals surface area (Å²) >= 11 is 0. The number of hydrogen-bond donors (Lipinski definition) is 9. The van der Waals surface area contributed by atoms with Crippen LogP contribution >= 0.6 is 0 Å². The predicted octanol–water partition coefficient (Wildman–Crippen LogP) is 4.64. The predicted molar refractivity (Wildman–Crippen MR) is 322 cm³/mol. The van der Waals surface area contributed by atoms with Crippen molar-refractivity contribution in [1.29, 1.82) is 0 Å². The third-order valence-corrected chi connectivity index (χ3v) is 15.0. The number of rotatable bonds is 30. The maximum atomic E-state index is 15.9. The number of benzene rings is 4. The van der Waals surface area contributed by atoms with Crippen molar-refractivity contribution in [3.8, 4) is 0 Å². The number of nitrogens with zero attached hydrogens (tertiary/aromatic N) is 3. The van der Waals surface area contributed by atoms with E-state index in [2.05, 4.69) is 36.6 Å². The fourth-order valence-electron chi connectivity index (χ4n) is 10.3. The number of ether oxygens (including phenoxy) is 11. The van der Waals surface area contributed by atoms with Crippen LogP contribution in [-0.4, -0.2) is 183 Å². The van der Waals surface area contributed by atoms with Crippen LogP contribution in [0, 0.1) is 0 Å². The molecule has 3 heterocycles. The number of halogens is 1. The number of alkyl halides is 1. The van der Waals surface area contributed by atoms with Crippen molar-refractivity contribution in [2.45, 2.75) is 157 Å². The Morgan fingerprint density at radius 1 is 0.620 bits per heavy atom. The Morgan fingerprint density at radius 2 is 1.10 bits per heavy atom. The molecule has 17 atom stereocenters. The number of carbonyl (C=O) groups excluding carboxylic acids is 5. The summed E-state index contributed by atoms with van der Waals surface area (Å²) in [5.41, 5.74) is 17.8. The van der Waals surface area contributed by atoms with Gasteiger partial charge >= 0.3 is 24.4 Å². The molecule has 496 valence electrons. The largest absolute Gasteiger partial charge is 0.445 e. The fraction of sp³-hybridized carbons (Fsp3) is 0.476. The van der Waals surface area contributed by atoms with Crippen molar-refractivity contribution in [3.63, 3.8) is 0 Å². The minimum atomic E-state index is -2.18. The summed E-state index contributed by atoms with van der Waals surface area (Å²) in [5, 5.41) is 52.7. The van der Waals surface area contributed by atoms with Gasteiger partial charge in [-0.3, -0.25) is 4.79 Å². The molecule has 3 aliphatic heterocycles. The van der Waals surface area contributed by atoms with E-state index < -0.39 is 154 Å². The molecule has 4 aromatic carbocycles. The fourth-order valence-corrected chi connectivity index (χ4v) is 10.3. The van der Waals surface area contributed by atoms with E-state index in [1.165, 1.54) is 12.2 Å². The Morgan fingerprint density at radius 3 is 1.60 bits per heavy atom. The van der Waals surface area contributed by atoms with Crippen molar-refractivity contribution in [3.05, 3.63) is 178 Å². The van der Waals surface area contributed by atoms with E-state index in [1.54, 1.807) is 127 Å². The molecule has 0 bridgehead atoms. The van der Waals surface area contributed by atoms with Crippen LogP contribution < -0.4 is 32.3 Å². The first kappa shape index (κ1) is 69.6. The van der Waals surface area contributed by atoms with Gasteiger partial charge in [-0.1, -0.05) is 164 Å². The standard InChI is InChI=1S/C63H78FN9O19/c1-2-3-28-82-52(44(64)32-68-73-66)56(77)69-47-29-48(72-63(81)86-37-41-22-14-7-15-23-41)53(90-57-45(26-24-42(30-65)87-57)70-61(79)84-35-39-18-10-5-11-19-39)55(50(47)75)92-59-51(76)54(49(33-74)89-59)91-58-46(71-62(80)85-36-40-20-12-6-13-21-40)27-25-43(88-58)31-67-60(78)83-34-38-16-8-4-9-17-38/h4-27,42-55,57-59,74-76H,2-3,28-37,65H2,1H3,(H,67,78)(H,69,77)(H,70,79)(H,71,80)(H,72,81)/t42-,43+,44+,45+,46+,47+,48-,49+,50-,51+,52-,53+,54+,55+,57+,58+,59-/m0/s1. The van der Waals surface area contributed by atoms with Gasteiger partial charge in [0.1, 0.15) is 81.3 Å². The summed E-state index contributed by atoms with van der Waals surface area (Å²) in [4.78, 5) is 70.7. The van der Waals surface area contributed by atoms with E-state index in [1.807, 2.05) is 13.0 Å². The van der Waals surface area contributed by atoms with Crippen LogP contribution in [0.5, 0.6) is 0 Å². The summed E-state index contributed by atoms with van der Waals surface area (Å²) in [7, 11) is 0. The molecular formula is C63H78FN9O19. The number of nitrogens with one attached hydrogen (secondary N) is 5. The van der Waals surface area contributed by atoms with Gasteiger partial charge < -0.3 is 99.7 Å². The lowest BCUT2D eigenvalue weighted by molar-refractivity contribution is -0.282. The highest BCUT2D eigenvalue weighted by molar-refractivity contribution is 5.82. The highest BCUT2D eigenvalue weighted by atomic mass is 19.1. The average molecular weight is 1280 g/mol. The maximum absolute atomic E-state index is 15.9. The summed E-state index contributed by atoms with van der Waals surface area (Å²) in [6.45, 7) is -0.649. The first-order valence-electron chi connectivity index (χ1n) is 30.1. The summed E-state index contributed by atoms with van der Waals surface area (Å²) in [6, 6.07) is 30.1. The van der Waals surface area contributed by atoms with Gasteiger partial charge in [0.05, 0.1) is 44.0 Å². The Bertz CT molecular complexity index is 3060. The number of unbranched alkanes of at least 4 members (excludes halogenated alkanes) is 1. The lowest BCUT2D eigenvalue weighted by atomic mass is 9.83. The van der Waals surface area contributed by atoms with Gasteiger partial charge in [-0.15, -0.1) is 0 Å². The molecule has 1 saturated carbocycles. The summed E-state index contributed by atoms with van der Waals surface area (Å²) in [5.74, 6) is -1.10. The van der Waals surface area contributed by atoms with Gasteiger partial charge in [0.15, 0.2) is 25.0 Å². The highest BCUT2D eigenvalue weighted by Crippen LogP contribution is 2.35. The zero-order chi connectivity index (χ0) is 65.2. The number of azide groups is 1. The minimum absolute atomic E-state index is 0.0286. The SMILES string of the molecule is CCCCO[C@H](C(=O)N[C@@H]1C[C@H](NC(=O)OCc2ccccc2)[C@@H](O[C@H]2O[C@H](CN)C=C[C@H]2NC(=O)OCc2ccccc2)[C@H](O[C@@H]2O[C@H](CO)[C@@H](O[C@H]3O[C@@H](CNC(=O)OCc4ccccc4)C=C[C@H]3NC(=O)OCc3ccccc3)[C@H]2O)[C@H]1O)[C@H](F)CN=[N+]=[N-]. The third-order valence-electron chi connectivity index (χ3n) is 15.0. The zero-order valence-electron chi connectivity index (χ0n) is 50.3. The van der Waals surface area contributed by atoms with E-state index in [-0.39, 0.29) is 46.1 Å². The molecule has 8 rings (SSSR count). The van der Waals surface area contributed by atoms with Gasteiger partial charge in [0.25, 0.3) is 5.91 Å². The molecule has 10 N–H and O–H groups in total. The normalized spacial score (nSPS) is 27.2. The minimum Gasteiger partial charge on any atom is -0.445 e. The monoisotopic (exact) mass is 1280 g/mol. The molecule has 92 heavy (non-hydrogen) atoms. The molecule has 0 unspecified atom stereocenters. The lowest BCUT2D eigenvalue weighted by Crippen LogP contribution is -2.68. The molecule has 0 aromatic heterocycles. The lowest BCUT2D eigenvalue weighted by Gasteiger charge is -2.47. The molecule has 1 saturated heterocycles. The second-order valence-corrected chi connectivity index (χ2v) is 21.7. The number of alkyl carbamates (subject to hydrolysis) is 4. The number of hydrogen-bond acceptors (Lipinski definition) is 21. The quantitative estimate of drug-likeness (QED) is 0.00857. The van der Waals surface area contributed by atoms with Crippen LogP contribution in [0.1, 0.15) is 48.4 Å². The smallest absolute Gasteiger partial charge is 0.408 e. The van der Waals surface area contributed by atoms with Crippen molar-refractivity contribution >= 4 is 30.3 Å². The first-order valence-corrected chi connectivity index (χ1v) is 30.1. The van der Waals surface area contributed by atoms with Gasteiger partial charge in [0, 0.05) is 18.1 Å². The summed E-state index contributed by atoms with van der Waals surface area (Å²) < 4.78 is 82.2. The Labute approximate surface area is 529 Å². The van der Waals surface area contributed by atoms with Crippen LogP contribution in [-0.2, 0) is 83.3 Å². The maximum Gasteiger partial charge on any atom is 0.408 e. The van der Waals surface area contributed by atoms with E-state index in [0.717, 1.165) is 5.56 Å². The van der Waals surface area contributed by atoms with Crippen LogP contribution in [0.2, 0.25) is 0 Å². The topological polar surface area (TPSA) is 382 Å². The summed E-state index contributed by atoms with van der Waals surface area (Å²) in [6.07, 6.45) is -18.2. The number of aliphatic hydroxyl groups is 3. The third kappa shape index (κ3) is 20.9. The number of amides is 5. The second-order valence-electron chi connectivity index (χ2n) is 21.7. The van der Waals surface area contributed by atoms with E-state index in [9.17, 15) is 39.3 Å². The highest BCUT2D eigenvalue weighted by Gasteiger charge is 2.55. The first-order chi connectivity index (χ1) is 44.7. The van der Waals surface area contributed by atoms with E-state index in [4.69, 9.17) is 63.4 Å². The zero-order valence-corrected chi connectivity index (χ0v) is 50.3. The van der Waals surface area contributed by atoms with Crippen molar-refractivity contribution in [2.24, 2.45) is 10.8 Å². The van der Waals surface area contributed by atoms with E-state index >= 15 is 4.39 Å². The molecule has 4 aliphatic rings. The van der Waals surface area contributed by atoms with Crippen molar-refractivity contribution < 1.29 is 95.8 Å². The van der Waals surface area contributed by atoms with Gasteiger partial charge in [-0.2, -0.15) is 0 Å². The molecule has 1 aliphatic carbocycles. The molecule has 0 spiro atoms. The van der Waals surface area contributed by atoms with E-state index in [0.29, 0.717) is 29.5 Å². The number of nitrogens with two attached hydrogens (primary N) is 1. The van der Waals surface area contributed by atoms with Crippen LogP contribution in [0.3, 0.4) is 0 Å². The second kappa shape index (κ2) is 36.1. The van der Waals surface area contributed by atoms with Crippen LogP contribution in [0.4, 0.5) is 23.6 Å². The average Bonchev–Trinajstić information content (AvgIpc) is 1.26. The molecular weight excluding hydrogens is 1210 g/mol. The Kier molecular flexibility index (Phi) is 27.3. The Hall–Kier alpha value is -8.29. The molecule has 2 fully saturated rings. The van der Waals surface area contributed by atoms with Crippen LogP contribution in [0.25, 0.3) is 10.4 Å². The number of aliphatic hydroxyl groups excluding tert-OH is 3. The molecule has 28 nitrogen and oxygen atoms in total. The van der Waals surface area contributed by atoms with Gasteiger partial charge in [-0.25, -0.2) is 23.6 Å². The molecule has 29 heteroatoms. The number of carbonyl (C=O) groups is 5. The van der Waals surface area contributed by atoms with Gasteiger partial charge in [-0.05, 0) is 40.6 Å².